The van der Waals surface area contributed by atoms with Gasteiger partial charge in [-0.3, -0.25) is 4.79 Å². The van der Waals surface area contributed by atoms with E-state index in [-0.39, 0.29) is 12.1 Å². The first-order chi connectivity index (χ1) is 5.83. The van der Waals surface area contributed by atoms with E-state index in [2.05, 4.69) is 15.9 Å². The monoisotopic (exact) mass is 234 g/mol. The van der Waals surface area contributed by atoms with Crippen LogP contribution in [0, 0.1) is 0 Å². The molecule has 0 heterocycles. The van der Waals surface area contributed by atoms with E-state index in [4.69, 9.17) is 4.74 Å². The molecule has 0 aromatic carbocycles. The molecule has 0 N–H and O–H groups in total. The smallest absolute Gasteiger partial charge is 0.316 e. The largest absolute Gasteiger partial charge is 0.462 e. The van der Waals surface area contributed by atoms with Gasteiger partial charge in [0.15, 0.2) is 0 Å². The van der Waals surface area contributed by atoms with Crippen LogP contribution in [0.4, 0.5) is 0 Å². The van der Waals surface area contributed by atoms with E-state index in [9.17, 15) is 4.79 Å². The Morgan fingerprint density at radius 2 is 1.83 bits per heavy atom. The van der Waals surface area contributed by atoms with Gasteiger partial charge in [0, 0.05) is 0 Å². The molecule has 0 spiro atoms. The van der Waals surface area contributed by atoms with E-state index in [0.717, 1.165) is 12.8 Å². The number of halogens is 1. The van der Waals surface area contributed by atoms with Crippen LogP contribution < -0.4 is 0 Å². The highest BCUT2D eigenvalue weighted by Crippen LogP contribution is 2.19. The third-order valence-electron chi connectivity index (χ3n) is 2.21. The molecule has 0 atom stereocenters. The highest BCUT2D eigenvalue weighted by Gasteiger charge is 2.15. The summed E-state index contributed by atoms with van der Waals surface area (Å²) in [5, 5.41) is 0.323. The van der Waals surface area contributed by atoms with E-state index >= 15 is 0 Å². The van der Waals surface area contributed by atoms with Crippen LogP contribution in [0.15, 0.2) is 0 Å². The quantitative estimate of drug-likeness (QED) is 0.418. The van der Waals surface area contributed by atoms with Crippen LogP contribution in [-0.2, 0) is 9.53 Å². The lowest BCUT2D eigenvalue weighted by atomic mass is 10.1. The Morgan fingerprint density at radius 3 is 2.33 bits per heavy atom. The maximum atomic E-state index is 10.9. The van der Waals surface area contributed by atoms with Crippen molar-refractivity contribution in [3.05, 3.63) is 0 Å². The zero-order valence-electron chi connectivity index (χ0n) is 7.22. The molecule has 0 saturated heterocycles. The summed E-state index contributed by atoms with van der Waals surface area (Å²) in [6, 6.07) is 0. The Hall–Kier alpha value is -0.0500. The lowest BCUT2D eigenvalue weighted by Gasteiger charge is -2.13. The molecular formula is C9H15BrO2. The van der Waals surface area contributed by atoms with E-state index in [0.29, 0.717) is 5.33 Å². The molecule has 0 bridgehead atoms. The second-order valence-corrected chi connectivity index (χ2v) is 3.80. The van der Waals surface area contributed by atoms with Gasteiger partial charge < -0.3 is 4.74 Å². The van der Waals surface area contributed by atoms with E-state index < -0.39 is 0 Å². The fourth-order valence-electron chi connectivity index (χ4n) is 1.58. The number of esters is 1. The molecule has 1 fully saturated rings. The Morgan fingerprint density at radius 1 is 1.25 bits per heavy atom. The normalized spacial score (nSPS) is 20.1. The average molecular weight is 235 g/mol. The molecule has 12 heavy (non-hydrogen) atoms. The molecule has 0 radical (unpaired) electrons. The molecule has 0 aromatic heterocycles. The van der Waals surface area contributed by atoms with Crippen LogP contribution in [0.3, 0.4) is 0 Å². The minimum atomic E-state index is -0.123. The summed E-state index contributed by atoms with van der Waals surface area (Å²) in [7, 11) is 0. The van der Waals surface area contributed by atoms with Crippen molar-refractivity contribution in [3.8, 4) is 0 Å². The van der Waals surface area contributed by atoms with E-state index in [1.807, 2.05) is 0 Å². The van der Waals surface area contributed by atoms with Crippen molar-refractivity contribution in [3.63, 3.8) is 0 Å². The molecular weight excluding hydrogens is 220 g/mol. The zero-order chi connectivity index (χ0) is 8.81. The van der Waals surface area contributed by atoms with Gasteiger partial charge in [0.2, 0.25) is 0 Å². The number of ether oxygens (including phenoxy) is 1. The van der Waals surface area contributed by atoms with Gasteiger partial charge in [-0.15, -0.1) is 0 Å². The van der Waals surface area contributed by atoms with Gasteiger partial charge in [-0.2, -0.15) is 0 Å². The zero-order valence-corrected chi connectivity index (χ0v) is 8.81. The van der Waals surface area contributed by atoms with Gasteiger partial charge in [-0.25, -0.2) is 0 Å². The van der Waals surface area contributed by atoms with Gasteiger partial charge in [0.1, 0.15) is 11.4 Å². The molecule has 1 rings (SSSR count). The number of carbonyl (C=O) groups excluding carboxylic acids is 1. The van der Waals surface area contributed by atoms with E-state index in [1.165, 1.54) is 25.7 Å². The molecule has 70 valence electrons. The van der Waals surface area contributed by atoms with Crippen molar-refractivity contribution < 1.29 is 9.53 Å². The molecule has 0 aromatic rings. The van der Waals surface area contributed by atoms with Crippen LogP contribution in [0.5, 0.6) is 0 Å². The maximum Gasteiger partial charge on any atom is 0.316 e. The lowest BCUT2D eigenvalue weighted by molar-refractivity contribution is -0.146. The second-order valence-electron chi connectivity index (χ2n) is 3.24. The molecule has 0 amide bonds. The summed E-state index contributed by atoms with van der Waals surface area (Å²) < 4.78 is 5.23. The summed E-state index contributed by atoms with van der Waals surface area (Å²) >= 11 is 3.09. The minimum absolute atomic E-state index is 0.123. The number of hydrogen-bond acceptors (Lipinski definition) is 2. The van der Waals surface area contributed by atoms with Crippen molar-refractivity contribution >= 4 is 21.9 Å². The first kappa shape index (κ1) is 10.0. The summed E-state index contributed by atoms with van der Waals surface area (Å²) in [6.07, 6.45) is 7.31. The fraction of sp³-hybridized carbons (Fsp3) is 0.889. The highest BCUT2D eigenvalue weighted by molar-refractivity contribution is 9.09. The Labute approximate surface area is 81.8 Å². The van der Waals surface area contributed by atoms with Gasteiger partial charge in [0.25, 0.3) is 0 Å². The van der Waals surface area contributed by atoms with Gasteiger partial charge in [-0.1, -0.05) is 28.8 Å². The third kappa shape index (κ3) is 3.57. The summed E-state index contributed by atoms with van der Waals surface area (Å²) in [4.78, 5) is 10.9. The summed E-state index contributed by atoms with van der Waals surface area (Å²) in [5.41, 5.74) is 0. The second kappa shape index (κ2) is 5.57. The van der Waals surface area contributed by atoms with Gasteiger partial charge in [0.05, 0.1) is 0 Å². The predicted molar refractivity (Wildman–Crippen MR) is 51.4 cm³/mol. The Kier molecular flexibility index (Phi) is 4.66. The molecule has 1 saturated carbocycles. The van der Waals surface area contributed by atoms with Crippen LogP contribution >= 0.6 is 15.9 Å². The minimum Gasteiger partial charge on any atom is -0.462 e. The van der Waals surface area contributed by atoms with Crippen molar-refractivity contribution in [1.82, 2.24) is 0 Å². The molecule has 3 heteroatoms. The molecule has 0 aliphatic heterocycles. The van der Waals surface area contributed by atoms with Crippen LogP contribution in [0.2, 0.25) is 0 Å². The molecule has 1 aliphatic carbocycles. The number of hydrogen-bond donors (Lipinski definition) is 0. The van der Waals surface area contributed by atoms with Crippen LogP contribution in [-0.4, -0.2) is 17.4 Å². The van der Waals surface area contributed by atoms with Crippen molar-refractivity contribution in [2.45, 2.75) is 44.6 Å². The average Bonchev–Trinajstić information content (AvgIpc) is 2.33. The van der Waals surface area contributed by atoms with Crippen molar-refractivity contribution in [2.24, 2.45) is 0 Å². The third-order valence-corrected chi connectivity index (χ3v) is 2.67. The Bertz CT molecular complexity index is 139. The SMILES string of the molecule is O=C(CBr)OC1CCCCCC1. The topological polar surface area (TPSA) is 26.3 Å². The summed E-state index contributed by atoms with van der Waals surface area (Å²) in [6.45, 7) is 0. The number of alkyl halides is 1. The number of rotatable bonds is 2. The predicted octanol–water partition coefficient (Wildman–Crippen LogP) is 2.65. The highest BCUT2D eigenvalue weighted by atomic mass is 79.9. The van der Waals surface area contributed by atoms with Crippen LogP contribution in [0.1, 0.15) is 38.5 Å². The number of carbonyl (C=O) groups is 1. The molecule has 1 aliphatic rings. The lowest BCUT2D eigenvalue weighted by Crippen LogP contribution is -2.17. The summed E-state index contributed by atoms with van der Waals surface area (Å²) in [5.74, 6) is -0.123. The van der Waals surface area contributed by atoms with Crippen LogP contribution in [0.25, 0.3) is 0 Å². The molecule has 2 nitrogen and oxygen atoms in total. The molecule has 0 unspecified atom stereocenters. The maximum absolute atomic E-state index is 10.9. The first-order valence-corrected chi connectivity index (χ1v) is 5.70. The van der Waals surface area contributed by atoms with Gasteiger partial charge in [-0.05, 0) is 25.7 Å². The van der Waals surface area contributed by atoms with Gasteiger partial charge >= 0.3 is 5.97 Å². The van der Waals surface area contributed by atoms with Crippen molar-refractivity contribution in [1.29, 1.82) is 0 Å². The van der Waals surface area contributed by atoms with E-state index in [1.54, 1.807) is 0 Å². The Balaban J connectivity index is 2.24. The fourth-order valence-corrected chi connectivity index (χ4v) is 1.71. The first-order valence-electron chi connectivity index (χ1n) is 4.58. The standard InChI is InChI=1S/C9H15BrO2/c10-7-9(11)12-8-5-3-1-2-4-6-8/h8H,1-7H2. The van der Waals surface area contributed by atoms with Crippen molar-refractivity contribution in [2.75, 3.05) is 5.33 Å².